The maximum atomic E-state index is 16.8. The Morgan fingerprint density at radius 1 is 1.32 bits per heavy atom. The third kappa shape index (κ3) is 2.48. The topological polar surface area (TPSA) is 74.6 Å². The van der Waals surface area contributed by atoms with Gasteiger partial charge in [-0.15, -0.1) is 12.4 Å². The summed E-state index contributed by atoms with van der Waals surface area (Å²) in [5.41, 5.74) is -2.59. The second-order valence-electron chi connectivity index (χ2n) is 9.67. The van der Waals surface area contributed by atoms with Crippen LogP contribution in [0.2, 0.25) is 0 Å². The van der Waals surface area contributed by atoms with Crippen LogP contribution < -0.4 is 0 Å². The molecule has 0 aliphatic heterocycles. The van der Waals surface area contributed by atoms with E-state index >= 15 is 4.39 Å². The number of aliphatic hydroxyl groups is 2. The predicted octanol–water partition coefficient (Wildman–Crippen LogP) is 3.20. The summed E-state index contributed by atoms with van der Waals surface area (Å²) < 4.78 is 16.8. The van der Waals surface area contributed by atoms with Crippen molar-refractivity contribution in [3.8, 4) is 0 Å². The molecular weight excluding hydrogens is 383 g/mol. The van der Waals surface area contributed by atoms with Crippen LogP contribution >= 0.6 is 12.4 Å². The maximum absolute atomic E-state index is 16.8. The van der Waals surface area contributed by atoms with Gasteiger partial charge in [0.2, 0.25) is 0 Å². The second kappa shape index (κ2) is 6.75. The molecule has 0 bridgehead atoms. The fourth-order valence-electron chi connectivity index (χ4n) is 7.36. The Bertz CT molecular complexity index is 764. The maximum Gasteiger partial charge on any atom is 0.178 e. The van der Waals surface area contributed by atoms with Crippen molar-refractivity contribution in [3.63, 3.8) is 0 Å². The lowest BCUT2D eigenvalue weighted by atomic mass is 9.45. The van der Waals surface area contributed by atoms with Gasteiger partial charge in [-0.05, 0) is 62.0 Å². The minimum atomic E-state index is -1.85. The second-order valence-corrected chi connectivity index (χ2v) is 9.67. The highest BCUT2D eigenvalue weighted by Gasteiger charge is 2.71. The molecule has 0 unspecified atom stereocenters. The number of carbonyl (C=O) groups excluding carboxylic acids is 2. The highest BCUT2D eigenvalue weighted by Crippen LogP contribution is 2.69. The molecule has 4 rings (SSSR count). The van der Waals surface area contributed by atoms with Crippen LogP contribution in [0.5, 0.6) is 0 Å². The van der Waals surface area contributed by atoms with Gasteiger partial charge in [0.1, 0.15) is 6.61 Å². The molecule has 4 aliphatic carbocycles. The molecule has 4 aliphatic rings. The Kier molecular flexibility index (Phi) is 5.22. The van der Waals surface area contributed by atoms with Gasteiger partial charge in [0, 0.05) is 17.3 Å². The van der Waals surface area contributed by atoms with Crippen LogP contribution in [0.3, 0.4) is 0 Å². The zero-order valence-electron chi connectivity index (χ0n) is 16.7. The van der Waals surface area contributed by atoms with Gasteiger partial charge in [0.25, 0.3) is 0 Å². The van der Waals surface area contributed by atoms with Crippen molar-refractivity contribution in [2.45, 2.75) is 58.2 Å². The molecule has 0 radical (unpaired) electrons. The molecule has 0 spiro atoms. The van der Waals surface area contributed by atoms with Gasteiger partial charge in [0.05, 0.1) is 6.10 Å². The fraction of sp³-hybridized carbons (Fsp3) is 0.727. The molecule has 156 valence electrons. The third-order valence-electron chi connectivity index (χ3n) is 8.48. The van der Waals surface area contributed by atoms with Crippen LogP contribution in [0, 0.1) is 34.5 Å². The van der Waals surface area contributed by atoms with Crippen LogP contribution in [-0.2, 0) is 9.59 Å². The number of halogens is 2. The minimum absolute atomic E-state index is 0. The zero-order chi connectivity index (χ0) is 19.8. The number of ketones is 2. The first kappa shape index (κ1) is 21.7. The average Bonchev–Trinajstić information content (AvgIpc) is 2.86. The predicted molar refractivity (Wildman–Crippen MR) is 106 cm³/mol. The summed E-state index contributed by atoms with van der Waals surface area (Å²) in [5.74, 6) is -1.00. The fourth-order valence-corrected chi connectivity index (χ4v) is 7.36. The Morgan fingerprint density at radius 2 is 2.00 bits per heavy atom. The first-order chi connectivity index (χ1) is 12.6. The van der Waals surface area contributed by atoms with E-state index in [0.29, 0.717) is 12.8 Å². The number of hydrogen-bond donors (Lipinski definition) is 2. The van der Waals surface area contributed by atoms with Crippen LogP contribution in [0.4, 0.5) is 4.39 Å². The Labute approximate surface area is 171 Å². The van der Waals surface area contributed by atoms with Gasteiger partial charge in [0.15, 0.2) is 17.2 Å². The van der Waals surface area contributed by atoms with E-state index in [-0.39, 0.29) is 54.1 Å². The third-order valence-corrected chi connectivity index (χ3v) is 8.48. The van der Waals surface area contributed by atoms with E-state index in [1.807, 2.05) is 13.8 Å². The highest BCUT2D eigenvalue weighted by molar-refractivity contribution is 6.01. The molecule has 28 heavy (non-hydrogen) atoms. The average molecular weight is 413 g/mol. The molecule has 6 heteroatoms. The molecule has 0 aromatic carbocycles. The monoisotopic (exact) mass is 412 g/mol. The minimum Gasteiger partial charge on any atom is -0.390 e. The number of Topliss-reactive ketones (excluding diaryl/α,β-unsaturated/α-hetero) is 1. The molecule has 3 fully saturated rings. The van der Waals surface area contributed by atoms with Crippen molar-refractivity contribution >= 4 is 24.0 Å². The summed E-state index contributed by atoms with van der Waals surface area (Å²) in [6.07, 6.45) is 5.53. The summed E-state index contributed by atoms with van der Waals surface area (Å²) in [5, 5.41) is 20.6. The van der Waals surface area contributed by atoms with Crippen molar-refractivity contribution < 1.29 is 24.2 Å². The number of alkyl halides is 1. The van der Waals surface area contributed by atoms with Crippen molar-refractivity contribution in [1.29, 1.82) is 0 Å². The summed E-state index contributed by atoms with van der Waals surface area (Å²) in [7, 11) is 0. The van der Waals surface area contributed by atoms with Gasteiger partial charge in [-0.1, -0.05) is 25.5 Å². The lowest BCUT2D eigenvalue weighted by molar-refractivity contribution is -0.195. The molecular formula is C22H30ClFO4. The molecule has 0 amide bonds. The summed E-state index contributed by atoms with van der Waals surface area (Å²) in [6.45, 7) is 5.29. The summed E-state index contributed by atoms with van der Waals surface area (Å²) in [4.78, 5) is 24.3. The molecule has 8 atom stereocenters. The van der Waals surface area contributed by atoms with Crippen LogP contribution in [0.1, 0.15) is 46.5 Å². The molecule has 4 nitrogen and oxygen atoms in total. The van der Waals surface area contributed by atoms with Crippen molar-refractivity contribution in [2.75, 3.05) is 6.61 Å². The molecule has 0 aromatic heterocycles. The normalized spacial score (nSPS) is 49.4. The standard InChI is InChI=1S/C22H29FO4.ClH/c1-12-8-16-15-5-4-13-9-14(25)6-7-21(13,3)22(15,23)18(27)10-20(16,2)19(12)17(26)11-24;/h6-7,9,12,15-16,18-19,24,27H,4-5,8,10-11H2,1-3H3;1H/t12-,15+,16+,18+,19-,20+,21+,22+;/m1./s1. The number of rotatable bonds is 2. The van der Waals surface area contributed by atoms with Crippen LogP contribution in [0.25, 0.3) is 0 Å². The number of allylic oxidation sites excluding steroid dienone is 4. The van der Waals surface area contributed by atoms with Gasteiger partial charge in [-0.25, -0.2) is 4.39 Å². The van der Waals surface area contributed by atoms with Gasteiger partial charge < -0.3 is 10.2 Å². The lowest BCUT2D eigenvalue weighted by Gasteiger charge is -2.62. The van der Waals surface area contributed by atoms with E-state index in [1.54, 1.807) is 13.0 Å². The van der Waals surface area contributed by atoms with Crippen LogP contribution in [-0.4, -0.2) is 40.2 Å². The zero-order valence-corrected chi connectivity index (χ0v) is 17.5. The Balaban J connectivity index is 0.00000225. The molecule has 2 N–H and O–H groups in total. The van der Waals surface area contributed by atoms with E-state index in [4.69, 9.17) is 0 Å². The molecule has 0 aromatic rings. The first-order valence-electron chi connectivity index (χ1n) is 10.0. The van der Waals surface area contributed by atoms with E-state index in [0.717, 1.165) is 12.0 Å². The van der Waals surface area contributed by atoms with Gasteiger partial charge in [-0.3, -0.25) is 9.59 Å². The number of aliphatic hydroxyl groups excluding tert-OH is 2. The van der Waals surface area contributed by atoms with Crippen molar-refractivity contribution in [3.05, 3.63) is 23.8 Å². The van der Waals surface area contributed by atoms with E-state index < -0.39 is 29.2 Å². The van der Waals surface area contributed by atoms with Gasteiger partial charge >= 0.3 is 0 Å². The lowest BCUT2D eigenvalue weighted by Crippen LogP contribution is -2.66. The van der Waals surface area contributed by atoms with Crippen LogP contribution in [0.15, 0.2) is 23.8 Å². The smallest absolute Gasteiger partial charge is 0.178 e. The Hall–Kier alpha value is -1.04. The first-order valence-corrected chi connectivity index (χ1v) is 10.0. The molecule has 0 heterocycles. The summed E-state index contributed by atoms with van der Waals surface area (Å²) in [6, 6.07) is 0. The quantitative estimate of drug-likeness (QED) is 0.730. The molecule has 0 saturated heterocycles. The van der Waals surface area contributed by atoms with E-state index in [9.17, 15) is 19.8 Å². The number of fused-ring (bicyclic) bond motifs is 5. The van der Waals surface area contributed by atoms with E-state index in [1.165, 1.54) is 12.2 Å². The molecule has 3 saturated carbocycles. The van der Waals surface area contributed by atoms with Crippen molar-refractivity contribution in [2.24, 2.45) is 34.5 Å². The number of hydrogen-bond acceptors (Lipinski definition) is 4. The highest BCUT2D eigenvalue weighted by atomic mass is 35.5. The van der Waals surface area contributed by atoms with Crippen molar-refractivity contribution in [1.82, 2.24) is 0 Å². The van der Waals surface area contributed by atoms with E-state index in [2.05, 4.69) is 0 Å². The van der Waals surface area contributed by atoms with Gasteiger partial charge in [-0.2, -0.15) is 0 Å². The largest absolute Gasteiger partial charge is 0.390 e. The summed E-state index contributed by atoms with van der Waals surface area (Å²) >= 11 is 0. The SMILES string of the molecule is C[C@@H]1C[C@H]2[C@@H]3CCC4=CC(=O)C=C[C@]4(C)[C@@]3(F)[C@@H](O)C[C@]2(C)[C@H]1C(=O)CO.Cl. The Morgan fingerprint density at radius 3 is 2.64 bits per heavy atom. The number of carbonyl (C=O) groups is 2.